The van der Waals surface area contributed by atoms with Gasteiger partial charge in [0.1, 0.15) is 9.85 Å². The molecular weight excluding hydrogens is 300 g/mol. The Morgan fingerprint density at radius 2 is 1.30 bits per heavy atom. The number of carbonyl (C=O) groups is 1. The molecule has 7 heteroatoms. The van der Waals surface area contributed by atoms with Gasteiger partial charge in [-0.3, -0.25) is 25.0 Å². The molecule has 0 aliphatic rings. The summed E-state index contributed by atoms with van der Waals surface area (Å²) >= 11 is 0. The van der Waals surface area contributed by atoms with Crippen LogP contribution in [0.15, 0.2) is 12.2 Å². The fourth-order valence-electron chi connectivity index (χ4n) is 2.32. The van der Waals surface area contributed by atoms with E-state index in [2.05, 4.69) is 19.1 Å². The quantitative estimate of drug-likeness (QED) is 0.111. The number of allylic oxidation sites excluding steroid dienone is 2. The Bertz CT molecular complexity index is 382. The van der Waals surface area contributed by atoms with Crippen LogP contribution in [-0.2, 0) is 4.79 Å². The fraction of sp³-hybridized carbons (Fsp3) is 0.812. The summed E-state index contributed by atoms with van der Waals surface area (Å²) in [5, 5.41) is 21.5. The van der Waals surface area contributed by atoms with Crippen LogP contribution >= 0.6 is 0 Å². The zero-order chi connectivity index (χ0) is 17.6. The first-order chi connectivity index (χ1) is 11.0. The van der Waals surface area contributed by atoms with Gasteiger partial charge in [0.05, 0.1) is 6.42 Å². The van der Waals surface area contributed by atoms with E-state index in [9.17, 15) is 25.0 Å². The lowest BCUT2D eigenvalue weighted by Gasteiger charge is -2.10. The highest BCUT2D eigenvalue weighted by atomic mass is 16.7. The van der Waals surface area contributed by atoms with Crippen molar-refractivity contribution in [2.75, 3.05) is 0 Å². The number of hydrogen-bond donors (Lipinski definition) is 0. The van der Waals surface area contributed by atoms with Crippen LogP contribution in [0.5, 0.6) is 0 Å². The minimum Gasteiger partial charge on any atom is -0.287 e. The van der Waals surface area contributed by atoms with Crippen LogP contribution in [0.4, 0.5) is 0 Å². The summed E-state index contributed by atoms with van der Waals surface area (Å²) in [4.78, 5) is 30.1. The van der Waals surface area contributed by atoms with Gasteiger partial charge in [-0.15, -0.1) is 0 Å². The summed E-state index contributed by atoms with van der Waals surface area (Å²) in [6.45, 7) is 2.19. The average Bonchev–Trinajstić information content (AvgIpc) is 2.51. The molecule has 0 amide bonds. The molecule has 7 nitrogen and oxygen atoms in total. The Labute approximate surface area is 137 Å². The van der Waals surface area contributed by atoms with E-state index in [0.29, 0.717) is 12.8 Å². The third kappa shape index (κ3) is 8.42. The number of rotatable bonds is 15. The van der Waals surface area contributed by atoms with Crippen molar-refractivity contribution in [1.29, 1.82) is 0 Å². The van der Waals surface area contributed by atoms with Crippen molar-refractivity contribution in [3.63, 3.8) is 0 Å². The fourth-order valence-corrected chi connectivity index (χ4v) is 2.32. The average molecular weight is 328 g/mol. The molecule has 23 heavy (non-hydrogen) atoms. The maximum Gasteiger partial charge on any atom is 0.512 e. The minimum absolute atomic E-state index is 0.158. The third-order valence-corrected chi connectivity index (χ3v) is 3.88. The lowest BCUT2D eigenvalue weighted by atomic mass is 10.0. The highest BCUT2D eigenvalue weighted by Crippen LogP contribution is 2.18. The molecule has 0 saturated heterocycles. The minimum atomic E-state index is -2.67. The Morgan fingerprint density at radius 1 is 0.826 bits per heavy atom. The topological polar surface area (TPSA) is 103 Å². The van der Waals surface area contributed by atoms with Gasteiger partial charge >= 0.3 is 5.66 Å². The van der Waals surface area contributed by atoms with Gasteiger partial charge in [-0.1, -0.05) is 51.2 Å². The lowest BCUT2D eigenvalue weighted by molar-refractivity contribution is -0.774. The number of nitro groups is 2. The summed E-state index contributed by atoms with van der Waals surface area (Å²) in [5.74, 6) is 0. The molecule has 0 spiro atoms. The van der Waals surface area contributed by atoms with Gasteiger partial charge in [0.25, 0.3) is 6.29 Å². The Hall–Kier alpha value is -1.79. The molecule has 0 saturated carbocycles. The predicted molar refractivity (Wildman–Crippen MR) is 88.4 cm³/mol. The first kappa shape index (κ1) is 21.2. The molecule has 0 aromatic rings. The standard InChI is InChI=1S/C16H28N2O5/c1-2-3-4-5-6-7-8-9-10-11-12-13-14-16(15-19,17(20)21)18(22)23/h7-8,15H,2-6,9-14H2,1H3/b8-7-. The van der Waals surface area contributed by atoms with Gasteiger partial charge < -0.3 is 0 Å². The van der Waals surface area contributed by atoms with E-state index in [0.717, 1.165) is 25.7 Å². The van der Waals surface area contributed by atoms with Crippen LogP contribution in [-0.4, -0.2) is 21.8 Å². The molecule has 0 aromatic carbocycles. The molecule has 0 unspecified atom stereocenters. The summed E-state index contributed by atoms with van der Waals surface area (Å²) in [7, 11) is 0. The molecule has 0 bridgehead atoms. The number of carbonyl (C=O) groups excluding carboxylic acids is 1. The molecule has 0 rings (SSSR count). The smallest absolute Gasteiger partial charge is 0.287 e. The van der Waals surface area contributed by atoms with E-state index in [4.69, 9.17) is 0 Å². The lowest BCUT2D eigenvalue weighted by Crippen LogP contribution is -2.47. The third-order valence-electron chi connectivity index (χ3n) is 3.88. The van der Waals surface area contributed by atoms with Crippen LogP contribution in [0, 0.1) is 20.2 Å². The highest BCUT2D eigenvalue weighted by Gasteiger charge is 2.55. The molecule has 0 atom stereocenters. The van der Waals surface area contributed by atoms with Crippen LogP contribution in [0.2, 0.25) is 0 Å². The molecule has 0 aliphatic heterocycles. The van der Waals surface area contributed by atoms with Gasteiger partial charge in [0, 0.05) is 0 Å². The number of aldehydes is 1. The van der Waals surface area contributed by atoms with Gasteiger partial charge in [0.15, 0.2) is 0 Å². The van der Waals surface area contributed by atoms with E-state index in [1.165, 1.54) is 25.7 Å². The summed E-state index contributed by atoms with van der Waals surface area (Å²) in [5.41, 5.74) is -2.67. The predicted octanol–water partition coefficient (Wildman–Crippen LogP) is 4.30. The summed E-state index contributed by atoms with van der Waals surface area (Å²) in [6, 6.07) is 0. The molecule has 0 N–H and O–H groups in total. The van der Waals surface area contributed by atoms with Crippen LogP contribution in [0.1, 0.15) is 77.6 Å². The first-order valence-electron chi connectivity index (χ1n) is 8.41. The largest absolute Gasteiger partial charge is 0.512 e. The number of unbranched alkanes of at least 4 members (excludes halogenated alkanes) is 8. The Morgan fingerprint density at radius 3 is 1.74 bits per heavy atom. The molecular formula is C16H28N2O5. The van der Waals surface area contributed by atoms with E-state index >= 15 is 0 Å². The maximum absolute atomic E-state index is 10.7. The van der Waals surface area contributed by atoms with Gasteiger partial charge in [-0.25, -0.2) is 0 Å². The van der Waals surface area contributed by atoms with Crippen molar-refractivity contribution in [1.82, 2.24) is 0 Å². The SMILES string of the molecule is CCCCCC/C=C\CCCCCCC(C=O)([N+](=O)[O-])[N+](=O)[O-]. The van der Waals surface area contributed by atoms with Crippen molar-refractivity contribution in [2.24, 2.45) is 0 Å². The zero-order valence-electron chi connectivity index (χ0n) is 13.9. The van der Waals surface area contributed by atoms with E-state index in [-0.39, 0.29) is 12.7 Å². The normalized spacial score (nSPS) is 11.7. The zero-order valence-corrected chi connectivity index (χ0v) is 13.9. The van der Waals surface area contributed by atoms with Gasteiger partial charge in [-0.2, -0.15) is 0 Å². The maximum atomic E-state index is 10.7. The van der Waals surface area contributed by atoms with Crippen LogP contribution < -0.4 is 0 Å². The van der Waals surface area contributed by atoms with Crippen molar-refractivity contribution in [3.8, 4) is 0 Å². The van der Waals surface area contributed by atoms with Gasteiger partial charge in [-0.05, 0) is 32.1 Å². The second kappa shape index (κ2) is 12.7. The summed E-state index contributed by atoms with van der Waals surface area (Å²) in [6.07, 6.45) is 13.7. The molecule has 0 radical (unpaired) electrons. The van der Waals surface area contributed by atoms with Crippen molar-refractivity contribution in [3.05, 3.63) is 32.4 Å². The number of hydrogen-bond acceptors (Lipinski definition) is 5. The van der Waals surface area contributed by atoms with Crippen LogP contribution in [0.3, 0.4) is 0 Å². The molecule has 0 aliphatic carbocycles. The van der Waals surface area contributed by atoms with Crippen molar-refractivity contribution in [2.45, 2.75) is 83.2 Å². The molecule has 0 aromatic heterocycles. The monoisotopic (exact) mass is 328 g/mol. The van der Waals surface area contributed by atoms with Crippen molar-refractivity contribution < 1.29 is 14.6 Å². The summed E-state index contributed by atoms with van der Waals surface area (Å²) < 4.78 is 0. The molecule has 0 fully saturated rings. The van der Waals surface area contributed by atoms with E-state index in [1.54, 1.807) is 0 Å². The first-order valence-corrected chi connectivity index (χ1v) is 8.41. The second-order valence-electron chi connectivity index (χ2n) is 5.78. The Balaban J connectivity index is 3.76. The molecule has 132 valence electrons. The van der Waals surface area contributed by atoms with E-state index < -0.39 is 15.5 Å². The second-order valence-corrected chi connectivity index (χ2v) is 5.78. The Kier molecular flexibility index (Phi) is 11.7. The number of nitrogens with zero attached hydrogens (tertiary/aromatic N) is 2. The van der Waals surface area contributed by atoms with Gasteiger partial charge in [0.2, 0.25) is 0 Å². The van der Waals surface area contributed by atoms with Crippen LogP contribution in [0.25, 0.3) is 0 Å². The highest BCUT2D eigenvalue weighted by molar-refractivity contribution is 5.59. The van der Waals surface area contributed by atoms with Crippen molar-refractivity contribution >= 4 is 6.29 Å². The molecule has 0 heterocycles. The van der Waals surface area contributed by atoms with E-state index in [1.807, 2.05) is 0 Å².